The molecule has 3 aliphatic rings. The summed E-state index contributed by atoms with van der Waals surface area (Å²) in [4.78, 5) is 2.29. The molecular formula is C13H24N2O2S2. The van der Waals surface area contributed by atoms with E-state index in [1.54, 1.807) is 11.8 Å². The molecule has 6 heteroatoms. The Bertz CT molecular complexity index is 422. The van der Waals surface area contributed by atoms with E-state index in [9.17, 15) is 8.42 Å². The zero-order chi connectivity index (χ0) is 13.5. The monoisotopic (exact) mass is 304 g/mol. The van der Waals surface area contributed by atoms with Crippen molar-refractivity contribution in [1.29, 1.82) is 0 Å². The van der Waals surface area contributed by atoms with Crippen LogP contribution in [0.3, 0.4) is 0 Å². The first-order valence-electron chi connectivity index (χ1n) is 7.31. The van der Waals surface area contributed by atoms with E-state index in [4.69, 9.17) is 0 Å². The number of sulfone groups is 1. The lowest BCUT2D eigenvalue weighted by molar-refractivity contribution is 0.0584. The maximum absolute atomic E-state index is 12.0. The highest BCUT2D eigenvalue weighted by molar-refractivity contribution is 8.00. The molecule has 4 nitrogen and oxygen atoms in total. The first-order chi connectivity index (χ1) is 9.05. The molecule has 2 aliphatic carbocycles. The lowest BCUT2D eigenvalue weighted by atomic mass is 9.78. The van der Waals surface area contributed by atoms with Gasteiger partial charge in [0.25, 0.3) is 0 Å². The summed E-state index contributed by atoms with van der Waals surface area (Å²) in [5.41, 5.74) is 0. The van der Waals surface area contributed by atoms with Gasteiger partial charge in [-0.2, -0.15) is 11.8 Å². The van der Waals surface area contributed by atoms with Crippen molar-refractivity contribution in [3.8, 4) is 0 Å². The fourth-order valence-corrected chi connectivity index (χ4v) is 6.11. The number of nitrogens with one attached hydrogen (secondary N) is 1. The van der Waals surface area contributed by atoms with E-state index in [-0.39, 0.29) is 5.37 Å². The van der Waals surface area contributed by atoms with Gasteiger partial charge in [0, 0.05) is 36.4 Å². The summed E-state index contributed by atoms with van der Waals surface area (Å²) in [5.74, 6) is 2.48. The fraction of sp³-hybridized carbons (Fsp3) is 1.00. The van der Waals surface area contributed by atoms with E-state index < -0.39 is 9.84 Å². The summed E-state index contributed by atoms with van der Waals surface area (Å²) in [6, 6.07) is 1.25. The minimum atomic E-state index is -2.95. The number of rotatable bonds is 5. The van der Waals surface area contributed by atoms with Crippen LogP contribution in [-0.4, -0.2) is 61.6 Å². The quantitative estimate of drug-likeness (QED) is 0.819. The van der Waals surface area contributed by atoms with Gasteiger partial charge >= 0.3 is 0 Å². The molecule has 0 amide bonds. The Hall–Kier alpha value is 0.220. The van der Waals surface area contributed by atoms with E-state index in [0.717, 1.165) is 30.6 Å². The summed E-state index contributed by atoms with van der Waals surface area (Å²) >= 11 is 1.78. The third kappa shape index (κ3) is 3.28. The second kappa shape index (κ2) is 5.54. The minimum Gasteiger partial charge on any atom is -0.314 e. The van der Waals surface area contributed by atoms with Crippen LogP contribution in [0.5, 0.6) is 0 Å². The van der Waals surface area contributed by atoms with E-state index >= 15 is 0 Å². The molecule has 0 bridgehead atoms. The Labute approximate surface area is 120 Å². The molecule has 3 fully saturated rings. The molecule has 1 aliphatic heterocycles. The summed E-state index contributed by atoms with van der Waals surface area (Å²) in [6.07, 6.45) is 6.47. The van der Waals surface area contributed by atoms with Gasteiger partial charge in [0.1, 0.15) is 5.37 Å². The summed E-state index contributed by atoms with van der Waals surface area (Å²) in [7, 11) is -2.95. The Balaban J connectivity index is 1.61. The van der Waals surface area contributed by atoms with Crippen molar-refractivity contribution in [2.45, 2.75) is 43.1 Å². The summed E-state index contributed by atoms with van der Waals surface area (Å²) in [6.45, 7) is 2.02. The van der Waals surface area contributed by atoms with Crippen molar-refractivity contribution in [3.05, 3.63) is 0 Å². The van der Waals surface area contributed by atoms with Crippen molar-refractivity contribution < 1.29 is 8.42 Å². The Morgan fingerprint density at radius 2 is 2.05 bits per heavy atom. The van der Waals surface area contributed by atoms with Crippen LogP contribution in [0.4, 0.5) is 0 Å². The van der Waals surface area contributed by atoms with Crippen molar-refractivity contribution in [3.63, 3.8) is 0 Å². The molecule has 0 radical (unpaired) electrons. The third-order valence-electron chi connectivity index (χ3n) is 4.67. The summed E-state index contributed by atoms with van der Waals surface area (Å²) in [5, 5.41) is 3.35. The average molecular weight is 304 g/mol. The highest BCUT2D eigenvalue weighted by Gasteiger charge is 2.42. The van der Waals surface area contributed by atoms with Gasteiger partial charge in [0.05, 0.1) is 0 Å². The molecule has 0 aromatic carbocycles. The average Bonchev–Trinajstić information content (AvgIpc) is 3.11. The molecule has 0 spiro atoms. The van der Waals surface area contributed by atoms with Crippen LogP contribution >= 0.6 is 11.8 Å². The highest BCUT2D eigenvalue weighted by atomic mass is 32.2. The molecule has 1 saturated heterocycles. The third-order valence-corrected chi connectivity index (χ3v) is 7.33. The zero-order valence-corrected chi connectivity index (χ0v) is 13.2. The Morgan fingerprint density at radius 1 is 1.26 bits per heavy atom. The molecule has 3 rings (SSSR count). The van der Waals surface area contributed by atoms with Gasteiger partial charge in [0.2, 0.25) is 0 Å². The van der Waals surface area contributed by atoms with E-state index in [2.05, 4.69) is 10.2 Å². The normalized spacial score (nSPS) is 37.0. The number of thioether (sulfide) groups is 1. The number of nitrogens with zero attached hydrogens (tertiary/aromatic N) is 1. The predicted octanol–water partition coefficient (Wildman–Crippen LogP) is 0.936. The molecule has 0 aromatic heterocycles. The SMILES string of the molecule is CS(=O)(=O)C1CSCCN1C1CCC1CNC1CC1. The van der Waals surface area contributed by atoms with Crippen LogP contribution in [0.25, 0.3) is 0 Å². The van der Waals surface area contributed by atoms with Crippen molar-refractivity contribution in [2.24, 2.45) is 5.92 Å². The van der Waals surface area contributed by atoms with Gasteiger partial charge in [-0.1, -0.05) is 0 Å². The molecule has 3 atom stereocenters. The van der Waals surface area contributed by atoms with Gasteiger partial charge in [-0.3, -0.25) is 4.90 Å². The predicted molar refractivity (Wildman–Crippen MR) is 80.2 cm³/mol. The van der Waals surface area contributed by atoms with Crippen molar-refractivity contribution >= 4 is 21.6 Å². The fourth-order valence-electron chi connectivity index (χ4n) is 3.17. The largest absolute Gasteiger partial charge is 0.314 e. The van der Waals surface area contributed by atoms with Crippen LogP contribution in [0.2, 0.25) is 0 Å². The van der Waals surface area contributed by atoms with Gasteiger partial charge in [-0.25, -0.2) is 8.42 Å². The molecule has 0 aromatic rings. The maximum atomic E-state index is 12.0. The zero-order valence-electron chi connectivity index (χ0n) is 11.5. The molecule has 19 heavy (non-hydrogen) atoms. The number of hydrogen-bond acceptors (Lipinski definition) is 5. The summed E-state index contributed by atoms with van der Waals surface area (Å²) < 4.78 is 23.9. The molecule has 1 heterocycles. The van der Waals surface area contributed by atoms with Gasteiger partial charge in [0.15, 0.2) is 9.84 Å². The Morgan fingerprint density at radius 3 is 2.63 bits per heavy atom. The van der Waals surface area contributed by atoms with Gasteiger partial charge in [-0.15, -0.1) is 0 Å². The van der Waals surface area contributed by atoms with Crippen molar-refractivity contribution in [2.75, 3.05) is 30.9 Å². The molecule has 2 saturated carbocycles. The first-order valence-corrected chi connectivity index (χ1v) is 10.4. The standard InChI is InChI=1S/C13H24N2O2S2/c1-19(16,17)13-9-18-7-6-15(13)12-5-2-10(12)8-14-11-3-4-11/h10-14H,2-9H2,1H3. The van der Waals surface area contributed by atoms with Crippen LogP contribution in [0.1, 0.15) is 25.7 Å². The smallest absolute Gasteiger partial charge is 0.164 e. The molecular weight excluding hydrogens is 280 g/mol. The maximum Gasteiger partial charge on any atom is 0.164 e. The van der Waals surface area contributed by atoms with E-state index in [0.29, 0.717) is 12.0 Å². The van der Waals surface area contributed by atoms with Crippen LogP contribution in [-0.2, 0) is 9.84 Å². The second-order valence-corrected chi connectivity index (χ2v) is 9.54. The molecule has 3 unspecified atom stereocenters. The Kier molecular flexibility index (Phi) is 4.13. The first kappa shape index (κ1) is 14.2. The highest BCUT2D eigenvalue weighted by Crippen LogP contribution is 2.36. The molecule has 1 N–H and O–H groups in total. The van der Waals surface area contributed by atoms with E-state index in [1.165, 1.54) is 31.9 Å². The van der Waals surface area contributed by atoms with Crippen LogP contribution in [0.15, 0.2) is 0 Å². The minimum absolute atomic E-state index is 0.250. The number of hydrogen-bond donors (Lipinski definition) is 1. The van der Waals surface area contributed by atoms with E-state index in [1.807, 2.05) is 0 Å². The van der Waals surface area contributed by atoms with Crippen LogP contribution < -0.4 is 5.32 Å². The lowest BCUT2D eigenvalue weighted by Gasteiger charge is -2.48. The van der Waals surface area contributed by atoms with Gasteiger partial charge < -0.3 is 5.32 Å². The molecule has 110 valence electrons. The van der Waals surface area contributed by atoms with Crippen LogP contribution in [0, 0.1) is 5.92 Å². The van der Waals surface area contributed by atoms with Crippen molar-refractivity contribution in [1.82, 2.24) is 10.2 Å². The van der Waals surface area contributed by atoms with Gasteiger partial charge in [-0.05, 0) is 38.1 Å². The topological polar surface area (TPSA) is 49.4 Å². The second-order valence-electron chi connectivity index (χ2n) is 6.18. The lowest BCUT2D eigenvalue weighted by Crippen LogP contribution is -2.58.